The number of ether oxygens (including phenoxy) is 1. The Kier molecular flexibility index (Phi) is 5.62. The van der Waals surface area contributed by atoms with E-state index in [1.54, 1.807) is 24.3 Å². The van der Waals surface area contributed by atoms with Crippen LogP contribution < -0.4 is 5.73 Å². The Morgan fingerprint density at radius 2 is 1.90 bits per heavy atom. The van der Waals surface area contributed by atoms with E-state index in [0.717, 1.165) is 6.54 Å². The molecule has 0 saturated heterocycles. The second-order valence-electron chi connectivity index (χ2n) is 6.07. The fourth-order valence-corrected chi connectivity index (χ4v) is 2.98. The van der Waals surface area contributed by atoms with Crippen LogP contribution in [0.1, 0.15) is 49.4 Å². The van der Waals surface area contributed by atoms with Crippen LogP contribution in [0.5, 0.6) is 0 Å². The standard InChI is InChI=1S/C17H26N2O2/c1-13(12-19(2)16-6-4-3-5-7-16)21-17(20)14-8-10-15(18)11-9-14/h8-11,13,16H,3-7,12,18H2,1-2H3. The van der Waals surface area contributed by atoms with Gasteiger partial charge < -0.3 is 10.5 Å². The van der Waals surface area contributed by atoms with E-state index in [2.05, 4.69) is 11.9 Å². The second kappa shape index (κ2) is 7.46. The van der Waals surface area contributed by atoms with Gasteiger partial charge in [-0.15, -0.1) is 0 Å². The third-order valence-corrected chi connectivity index (χ3v) is 4.20. The maximum atomic E-state index is 12.0. The van der Waals surface area contributed by atoms with Gasteiger partial charge in [-0.3, -0.25) is 4.90 Å². The molecule has 1 aliphatic carbocycles. The van der Waals surface area contributed by atoms with Gasteiger partial charge in [0.15, 0.2) is 0 Å². The van der Waals surface area contributed by atoms with E-state index in [-0.39, 0.29) is 12.1 Å². The quantitative estimate of drug-likeness (QED) is 0.669. The monoisotopic (exact) mass is 290 g/mol. The van der Waals surface area contributed by atoms with Crippen LogP contribution in [0.3, 0.4) is 0 Å². The van der Waals surface area contributed by atoms with Crippen LogP contribution in [0, 0.1) is 0 Å². The number of esters is 1. The van der Waals surface area contributed by atoms with Gasteiger partial charge in [0, 0.05) is 18.3 Å². The minimum atomic E-state index is -0.278. The minimum absolute atomic E-state index is 0.109. The van der Waals surface area contributed by atoms with Crippen LogP contribution in [-0.4, -0.2) is 36.6 Å². The van der Waals surface area contributed by atoms with Crippen molar-refractivity contribution >= 4 is 11.7 Å². The van der Waals surface area contributed by atoms with Gasteiger partial charge in [-0.25, -0.2) is 4.79 Å². The van der Waals surface area contributed by atoms with Crippen molar-refractivity contribution in [1.82, 2.24) is 4.90 Å². The first-order valence-corrected chi connectivity index (χ1v) is 7.83. The number of nitrogens with two attached hydrogens (primary N) is 1. The van der Waals surface area contributed by atoms with Crippen LogP contribution in [0.25, 0.3) is 0 Å². The van der Waals surface area contributed by atoms with E-state index in [1.807, 2.05) is 6.92 Å². The van der Waals surface area contributed by atoms with Crippen LogP contribution in [0.15, 0.2) is 24.3 Å². The van der Waals surface area contributed by atoms with E-state index in [0.29, 0.717) is 17.3 Å². The fourth-order valence-electron chi connectivity index (χ4n) is 2.98. The summed E-state index contributed by atoms with van der Waals surface area (Å²) in [6.45, 7) is 2.74. The molecule has 0 radical (unpaired) electrons. The van der Waals surface area contributed by atoms with Crippen molar-refractivity contribution in [2.75, 3.05) is 19.3 Å². The number of hydrogen-bond donors (Lipinski definition) is 1. The molecule has 1 aromatic carbocycles. The molecular formula is C17H26N2O2. The smallest absolute Gasteiger partial charge is 0.338 e. The highest BCUT2D eigenvalue weighted by atomic mass is 16.5. The summed E-state index contributed by atoms with van der Waals surface area (Å²) in [5.41, 5.74) is 6.82. The zero-order valence-electron chi connectivity index (χ0n) is 13.0. The summed E-state index contributed by atoms with van der Waals surface area (Å²) < 4.78 is 5.52. The van der Waals surface area contributed by atoms with E-state index in [9.17, 15) is 4.79 Å². The number of anilines is 1. The summed E-state index contributed by atoms with van der Waals surface area (Å²) in [7, 11) is 2.13. The Morgan fingerprint density at radius 1 is 1.29 bits per heavy atom. The molecule has 1 fully saturated rings. The number of carbonyl (C=O) groups is 1. The first kappa shape index (κ1) is 15.8. The van der Waals surface area contributed by atoms with Gasteiger partial charge in [0.05, 0.1) is 5.56 Å². The molecule has 116 valence electrons. The number of benzene rings is 1. The molecule has 0 aromatic heterocycles. The Labute approximate surface area is 127 Å². The number of nitrogens with zero attached hydrogens (tertiary/aromatic N) is 1. The molecule has 1 aromatic rings. The molecule has 1 saturated carbocycles. The Hall–Kier alpha value is -1.55. The normalized spacial score (nSPS) is 17.7. The molecular weight excluding hydrogens is 264 g/mol. The predicted octanol–water partition coefficient (Wildman–Crippen LogP) is 3.08. The molecule has 1 unspecified atom stereocenters. The van der Waals surface area contributed by atoms with Crippen LogP contribution in [-0.2, 0) is 4.74 Å². The van der Waals surface area contributed by atoms with Crippen molar-refractivity contribution in [3.05, 3.63) is 29.8 Å². The number of rotatable bonds is 5. The van der Waals surface area contributed by atoms with Crippen molar-refractivity contribution in [3.8, 4) is 0 Å². The van der Waals surface area contributed by atoms with Gasteiger partial charge >= 0.3 is 5.97 Å². The molecule has 0 heterocycles. The SMILES string of the molecule is CC(CN(C)C1CCCCC1)OC(=O)c1ccc(N)cc1. The van der Waals surface area contributed by atoms with Gasteiger partial charge in [0.1, 0.15) is 6.10 Å². The third kappa shape index (κ3) is 4.74. The van der Waals surface area contributed by atoms with Crippen LogP contribution >= 0.6 is 0 Å². The Balaban J connectivity index is 1.81. The second-order valence-corrected chi connectivity index (χ2v) is 6.07. The molecule has 2 N–H and O–H groups in total. The average molecular weight is 290 g/mol. The van der Waals surface area contributed by atoms with Gasteiger partial charge in [-0.1, -0.05) is 19.3 Å². The molecule has 1 atom stereocenters. The highest BCUT2D eigenvalue weighted by Crippen LogP contribution is 2.22. The fraction of sp³-hybridized carbons (Fsp3) is 0.588. The topological polar surface area (TPSA) is 55.6 Å². The van der Waals surface area contributed by atoms with E-state index in [1.165, 1.54) is 32.1 Å². The Morgan fingerprint density at radius 3 is 2.52 bits per heavy atom. The summed E-state index contributed by atoms with van der Waals surface area (Å²) in [4.78, 5) is 14.4. The molecule has 4 nitrogen and oxygen atoms in total. The number of carbonyl (C=O) groups excluding carboxylic acids is 1. The first-order valence-electron chi connectivity index (χ1n) is 7.83. The number of hydrogen-bond acceptors (Lipinski definition) is 4. The lowest BCUT2D eigenvalue weighted by Gasteiger charge is -2.32. The van der Waals surface area contributed by atoms with Crippen molar-refractivity contribution in [1.29, 1.82) is 0 Å². The van der Waals surface area contributed by atoms with Crippen molar-refractivity contribution < 1.29 is 9.53 Å². The van der Waals surface area contributed by atoms with Gasteiger partial charge in [0.2, 0.25) is 0 Å². The zero-order chi connectivity index (χ0) is 15.2. The maximum Gasteiger partial charge on any atom is 0.338 e. The lowest BCUT2D eigenvalue weighted by Crippen LogP contribution is -2.39. The summed E-state index contributed by atoms with van der Waals surface area (Å²) in [5.74, 6) is -0.278. The lowest BCUT2D eigenvalue weighted by molar-refractivity contribution is 0.0221. The lowest BCUT2D eigenvalue weighted by atomic mass is 9.94. The summed E-state index contributed by atoms with van der Waals surface area (Å²) in [6, 6.07) is 7.48. The first-order chi connectivity index (χ1) is 10.1. The van der Waals surface area contributed by atoms with Crippen molar-refractivity contribution in [2.24, 2.45) is 0 Å². The van der Waals surface area contributed by atoms with Crippen molar-refractivity contribution in [2.45, 2.75) is 51.2 Å². The summed E-state index contributed by atoms with van der Waals surface area (Å²) >= 11 is 0. The molecule has 0 bridgehead atoms. The summed E-state index contributed by atoms with van der Waals surface area (Å²) in [6.07, 6.45) is 6.39. The molecule has 4 heteroatoms. The molecule has 0 spiro atoms. The highest BCUT2D eigenvalue weighted by molar-refractivity contribution is 5.89. The molecule has 21 heavy (non-hydrogen) atoms. The predicted molar refractivity (Wildman–Crippen MR) is 85.2 cm³/mol. The van der Waals surface area contributed by atoms with E-state index >= 15 is 0 Å². The molecule has 0 aliphatic heterocycles. The number of nitrogen functional groups attached to an aromatic ring is 1. The Bertz CT molecular complexity index is 452. The van der Waals surface area contributed by atoms with E-state index < -0.39 is 0 Å². The average Bonchev–Trinajstić information content (AvgIpc) is 2.48. The maximum absolute atomic E-state index is 12.0. The van der Waals surface area contributed by atoms with Crippen molar-refractivity contribution in [3.63, 3.8) is 0 Å². The largest absolute Gasteiger partial charge is 0.458 e. The number of likely N-dealkylation sites (N-methyl/N-ethyl adjacent to an activating group) is 1. The molecule has 1 aliphatic rings. The van der Waals surface area contributed by atoms with Crippen LogP contribution in [0.4, 0.5) is 5.69 Å². The third-order valence-electron chi connectivity index (χ3n) is 4.20. The molecule has 0 amide bonds. The van der Waals surface area contributed by atoms with Gasteiger partial charge in [-0.05, 0) is 51.1 Å². The summed E-state index contributed by atoms with van der Waals surface area (Å²) in [5, 5.41) is 0. The van der Waals surface area contributed by atoms with Crippen LogP contribution in [0.2, 0.25) is 0 Å². The highest BCUT2D eigenvalue weighted by Gasteiger charge is 2.21. The van der Waals surface area contributed by atoms with Gasteiger partial charge in [0.25, 0.3) is 0 Å². The van der Waals surface area contributed by atoms with E-state index in [4.69, 9.17) is 10.5 Å². The zero-order valence-corrected chi connectivity index (χ0v) is 13.0. The van der Waals surface area contributed by atoms with Gasteiger partial charge in [-0.2, -0.15) is 0 Å². The molecule has 2 rings (SSSR count). The minimum Gasteiger partial charge on any atom is -0.458 e.